The van der Waals surface area contributed by atoms with Crippen molar-refractivity contribution in [3.05, 3.63) is 29.9 Å². The molecule has 0 saturated carbocycles. The average Bonchev–Trinajstić information content (AvgIpc) is 3.19. The van der Waals surface area contributed by atoms with Crippen LogP contribution in [0.4, 0.5) is 14.9 Å². The van der Waals surface area contributed by atoms with Crippen LogP contribution in [-0.4, -0.2) is 40.5 Å². The van der Waals surface area contributed by atoms with E-state index in [1.54, 1.807) is 13.0 Å². The predicted molar refractivity (Wildman–Crippen MR) is 88.3 cm³/mol. The molecule has 0 radical (unpaired) electrons. The minimum Gasteiger partial charge on any atom is -0.442 e. The summed E-state index contributed by atoms with van der Waals surface area (Å²) in [5.74, 6) is -1.02. The van der Waals surface area contributed by atoms with E-state index in [0.717, 1.165) is 0 Å². The Bertz CT molecular complexity index is 878. The second-order valence-corrected chi connectivity index (χ2v) is 5.85. The van der Waals surface area contributed by atoms with Gasteiger partial charge in [-0.25, -0.2) is 9.18 Å². The van der Waals surface area contributed by atoms with Crippen molar-refractivity contribution in [3.63, 3.8) is 0 Å². The second-order valence-electron chi connectivity index (χ2n) is 5.24. The van der Waals surface area contributed by atoms with Crippen LogP contribution >= 0.6 is 12.2 Å². The maximum atomic E-state index is 14.4. The number of benzene rings is 1. The third-order valence-electron chi connectivity index (χ3n) is 3.47. The van der Waals surface area contributed by atoms with Crippen LogP contribution in [0.15, 0.2) is 22.6 Å². The molecule has 25 heavy (non-hydrogen) atoms. The van der Waals surface area contributed by atoms with Gasteiger partial charge in [0.25, 0.3) is 5.89 Å². The number of hydrogen-bond acceptors (Lipinski definition) is 7. The minimum absolute atomic E-state index is 0.0415. The summed E-state index contributed by atoms with van der Waals surface area (Å²) in [7, 11) is 0. The summed E-state index contributed by atoms with van der Waals surface area (Å²) in [5, 5.41) is 18.7. The molecule has 128 valence electrons. The normalized spacial score (nSPS) is 16.4. The van der Waals surface area contributed by atoms with Crippen LogP contribution in [0.25, 0.3) is 11.5 Å². The summed E-state index contributed by atoms with van der Waals surface area (Å²) in [6, 6.07) is 5.79. The summed E-state index contributed by atoms with van der Waals surface area (Å²) in [5.41, 5.74) is 0.382. The average molecular weight is 361 g/mol. The number of halogens is 1. The van der Waals surface area contributed by atoms with Gasteiger partial charge >= 0.3 is 12.0 Å². The summed E-state index contributed by atoms with van der Waals surface area (Å²) < 4.78 is 24.6. The van der Waals surface area contributed by atoms with Crippen LogP contribution in [0.2, 0.25) is 0 Å². The lowest BCUT2D eigenvalue weighted by Crippen LogP contribution is -2.32. The van der Waals surface area contributed by atoms with Crippen molar-refractivity contribution >= 4 is 29.0 Å². The molecule has 1 aromatic carbocycles. The quantitative estimate of drug-likeness (QED) is 0.825. The van der Waals surface area contributed by atoms with Crippen molar-refractivity contribution in [2.24, 2.45) is 0 Å². The van der Waals surface area contributed by atoms with Gasteiger partial charge in [0, 0.05) is 0 Å². The van der Waals surface area contributed by atoms with Gasteiger partial charge in [-0.05, 0) is 25.1 Å². The Morgan fingerprint density at radius 3 is 3.00 bits per heavy atom. The second kappa shape index (κ2) is 6.82. The molecule has 1 fully saturated rings. The van der Waals surface area contributed by atoms with E-state index in [-0.39, 0.29) is 30.0 Å². The minimum atomic E-state index is -0.658. The van der Waals surface area contributed by atoms with Crippen molar-refractivity contribution in [2.75, 3.05) is 18.0 Å². The Balaban J connectivity index is 1.77. The Hall–Kier alpha value is -3.06. The highest BCUT2D eigenvalue weighted by Crippen LogP contribution is 2.28. The smallest absolute Gasteiger partial charge is 0.414 e. The van der Waals surface area contributed by atoms with Gasteiger partial charge in [0.15, 0.2) is 6.07 Å². The SMILES string of the molecule is CC(=S)NCC1CN(c2ccc(-c3nnc(C#N)o3)c(F)c2)C(=O)O1. The first kappa shape index (κ1) is 16.8. The number of aromatic nitrogens is 2. The van der Waals surface area contributed by atoms with E-state index in [0.29, 0.717) is 17.2 Å². The van der Waals surface area contributed by atoms with Gasteiger partial charge in [0.05, 0.1) is 29.3 Å². The van der Waals surface area contributed by atoms with Gasteiger partial charge in [-0.15, -0.1) is 5.10 Å². The van der Waals surface area contributed by atoms with E-state index >= 15 is 0 Å². The van der Waals surface area contributed by atoms with Crippen molar-refractivity contribution in [3.8, 4) is 17.5 Å². The van der Waals surface area contributed by atoms with Gasteiger partial charge in [0.1, 0.15) is 11.9 Å². The number of nitrogens with zero attached hydrogens (tertiary/aromatic N) is 4. The number of carbonyl (C=O) groups is 1. The van der Waals surface area contributed by atoms with E-state index in [4.69, 9.17) is 26.6 Å². The molecular weight excluding hydrogens is 349 g/mol. The molecule has 0 spiro atoms. The standard InChI is InChI=1S/C15H12FN5O3S/c1-8(25)18-6-10-7-21(15(22)23-10)9-2-3-11(12(16)4-9)14-20-19-13(5-17)24-14/h2-4,10H,6-7H2,1H3,(H,18,25). The van der Waals surface area contributed by atoms with Crippen LogP contribution < -0.4 is 10.2 Å². The van der Waals surface area contributed by atoms with Gasteiger partial charge in [-0.1, -0.05) is 17.3 Å². The van der Waals surface area contributed by atoms with Crippen LogP contribution in [-0.2, 0) is 4.74 Å². The molecule has 1 unspecified atom stereocenters. The molecule has 2 aromatic rings. The Kier molecular flexibility index (Phi) is 4.58. The fourth-order valence-corrected chi connectivity index (χ4v) is 2.40. The third kappa shape index (κ3) is 3.56. The zero-order valence-electron chi connectivity index (χ0n) is 13.0. The number of carbonyl (C=O) groups excluding carboxylic acids is 1. The largest absolute Gasteiger partial charge is 0.442 e. The zero-order valence-corrected chi connectivity index (χ0v) is 13.8. The van der Waals surface area contributed by atoms with Gasteiger partial charge < -0.3 is 14.5 Å². The molecule has 1 saturated heterocycles. The summed E-state index contributed by atoms with van der Waals surface area (Å²) in [6.07, 6.45) is -0.951. The van der Waals surface area contributed by atoms with E-state index in [1.807, 2.05) is 0 Å². The summed E-state index contributed by atoms with van der Waals surface area (Å²) in [4.78, 5) is 13.9. The van der Waals surface area contributed by atoms with E-state index in [1.165, 1.54) is 23.1 Å². The maximum Gasteiger partial charge on any atom is 0.414 e. The van der Waals surface area contributed by atoms with Crippen LogP contribution in [0, 0.1) is 17.1 Å². The first-order valence-electron chi connectivity index (χ1n) is 7.24. The van der Waals surface area contributed by atoms with Crippen molar-refractivity contribution in [2.45, 2.75) is 13.0 Å². The maximum absolute atomic E-state index is 14.4. The van der Waals surface area contributed by atoms with Gasteiger partial charge in [0.2, 0.25) is 0 Å². The first-order valence-corrected chi connectivity index (χ1v) is 7.65. The fourth-order valence-electron chi connectivity index (χ4n) is 2.32. The van der Waals surface area contributed by atoms with E-state index < -0.39 is 11.9 Å². The highest BCUT2D eigenvalue weighted by molar-refractivity contribution is 7.80. The Morgan fingerprint density at radius 2 is 2.36 bits per heavy atom. The molecule has 1 aliphatic heterocycles. The lowest BCUT2D eigenvalue weighted by atomic mass is 10.1. The van der Waals surface area contributed by atoms with Crippen LogP contribution in [0.1, 0.15) is 12.8 Å². The Labute approximate surface area is 147 Å². The molecule has 1 N–H and O–H groups in total. The summed E-state index contributed by atoms with van der Waals surface area (Å²) >= 11 is 4.92. The lowest BCUT2D eigenvalue weighted by Gasteiger charge is -2.14. The van der Waals surface area contributed by atoms with Crippen molar-refractivity contribution < 1.29 is 18.3 Å². The fraction of sp³-hybridized carbons (Fsp3) is 0.267. The molecule has 0 aliphatic carbocycles. The number of anilines is 1. The number of hydrogen-bond donors (Lipinski definition) is 1. The first-order chi connectivity index (χ1) is 12.0. The number of amides is 1. The molecular formula is C15H12FN5O3S. The molecule has 1 aliphatic rings. The number of nitriles is 1. The molecule has 1 amide bonds. The molecule has 8 nitrogen and oxygen atoms in total. The van der Waals surface area contributed by atoms with Crippen molar-refractivity contribution in [1.29, 1.82) is 5.26 Å². The van der Waals surface area contributed by atoms with E-state index in [9.17, 15) is 9.18 Å². The topological polar surface area (TPSA) is 104 Å². The van der Waals surface area contributed by atoms with Crippen molar-refractivity contribution in [1.82, 2.24) is 15.5 Å². The van der Waals surface area contributed by atoms with E-state index in [2.05, 4.69) is 15.5 Å². The number of rotatable bonds is 4. The zero-order chi connectivity index (χ0) is 18.0. The molecule has 0 bridgehead atoms. The number of ether oxygens (including phenoxy) is 1. The van der Waals surface area contributed by atoms with Crippen LogP contribution in [0.3, 0.4) is 0 Å². The number of nitrogens with one attached hydrogen (secondary N) is 1. The molecule has 10 heteroatoms. The third-order valence-corrected chi connectivity index (χ3v) is 3.61. The molecule has 3 rings (SSSR count). The highest BCUT2D eigenvalue weighted by atomic mass is 32.1. The Morgan fingerprint density at radius 1 is 1.56 bits per heavy atom. The highest BCUT2D eigenvalue weighted by Gasteiger charge is 2.32. The lowest BCUT2D eigenvalue weighted by molar-refractivity contribution is 0.143. The number of thiocarbonyl (C=S) groups is 1. The monoisotopic (exact) mass is 361 g/mol. The van der Waals surface area contributed by atoms with Gasteiger partial charge in [-0.2, -0.15) is 5.26 Å². The van der Waals surface area contributed by atoms with Gasteiger partial charge in [-0.3, -0.25) is 4.90 Å². The predicted octanol–water partition coefficient (Wildman–Crippen LogP) is 2.01. The molecule has 2 heterocycles. The summed E-state index contributed by atoms with van der Waals surface area (Å²) in [6.45, 7) is 2.39. The number of cyclic esters (lactones) is 1. The molecule has 1 atom stereocenters. The van der Waals surface area contributed by atoms with Crippen LogP contribution in [0.5, 0.6) is 0 Å². The molecule has 1 aromatic heterocycles.